The van der Waals surface area contributed by atoms with Crippen LogP contribution in [0.3, 0.4) is 0 Å². The van der Waals surface area contributed by atoms with Crippen molar-refractivity contribution in [3.63, 3.8) is 0 Å². The summed E-state index contributed by atoms with van der Waals surface area (Å²) in [4.78, 5) is 0. The van der Waals surface area contributed by atoms with Crippen molar-refractivity contribution in [2.75, 3.05) is 7.11 Å². The van der Waals surface area contributed by atoms with Crippen LogP contribution < -0.4 is 4.74 Å². The lowest BCUT2D eigenvalue weighted by molar-refractivity contribution is -0.143. The van der Waals surface area contributed by atoms with Crippen molar-refractivity contribution >= 4 is 11.6 Å². The van der Waals surface area contributed by atoms with Crippen molar-refractivity contribution in [2.24, 2.45) is 0 Å². The monoisotopic (exact) mass is 302 g/mol. The Balaban J connectivity index is 2.75. The lowest BCUT2D eigenvalue weighted by atomic mass is 10.2. The molecule has 9 heteroatoms. The summed E-state index contributed by atoms with van der Waals surface area (Å²) in [5.41, 5.74) is -2.15. The summed E-state index contributed by atoms with van der Waals surface area (Å²) in [6, 6.07) is 5.45. The molecule has 5 nitrogen and oxygen atoms in total. The average molecular weight is 303 g/mol. The topological polar surface area (TPSA) is 63.7 Å². The van der Waals surface area contributed by atoms with Crippen LogP contribution in [0.1, 0.15) is 11.4 Å². The molecule has 2 rings (SSSR count). The Bertz CT molecular complexity index is 690. The molecule has 0 N–H and O–H groups in total. The predicted molar refractivity (Wildman–Crippen MR) is 62.6 cm³/mol. The summed E-state index contributed by atoms with van der Waals surface area (Å²) >= 11 is 5.77. The van der Waals surface area contributed by atoms with Gasteiger partial charge in [-0.15, -0.1) is 5.10 Å². The zero-order chi connectivity index (χ0) is 14.9. The second-order valence-corrected chi connectivity index (χ2v) is 4.06. The van der Waals surface area contributed by atoms with Gasteiger partial charge in [-0.1, -0.05) is 16.8 Å². The molecule has 104 valence electrons. The maximum atomic E-state index is 13.0. The molecule has 0 aliphatic rings. The molecular formula is C11H6ClF3N4O. The SMILES string of the molecule is COc1ccc(Cl)cc1-n1nnc(C#N)c1C(F)(F)F. The predicted octanol–water partition coefficient (Wildman–Crippen LogP) is 2.82. The van der Waals surface area contributed by atoms with E-state index in [4.69, 9.17) is 21.6 Å². The first-order valence-electron chi connectivity index (χ1n) is 5.15. The highest BCUT2D eigenvalue weighted by Crippen LogP contribution is 2.35. The van der Waals surface area contributed by atoms with E-state index in [-0.39, 0.29) is 16.5 Å². The normalized spacial score (nSPS) is 11.2. The number of rotatable bonds is 2. The number of nitrogens with zero attached hydrogens (tertiary/aromatic N) is 4. The van der Waals surface area contributed by atoms with E-state index < -0.39 is 17.6 Å². The minimum atomic E-state index is -4.79. The molecule has 0 radical (unpaired) electrons. The van der Waals surface area contributed by atoms with Crippen LogP contribution in [0.5, 0.6) is 5.75 Å². The van der Waals surface area contributed by atoms with E-state index in [1.807, 2.05) is 0 Å². The zero-order valence-electron chi connectivity index (χ0n) is 9.94. The molecule has 1 aromatic carbocycles. The fraction of sp³-hybridized carbons (Fsp3) is 0.182. The number of aromatic nitrogens is 3. The van der Waals surface area contributed by atoms with Gasteiger partial charge in [-0.2, -0.15) is 18.4 Å². The summed E-state index contributed by atoms with van der Waals surface area (Å²) in [5, 5.41) is 15.5. The maximum Gasteiger partial charge on any atom is 0.436 e. The largest absolute Gasteiger partial charge is 0.494 e. The van der Waals surface area contributed by atoms with Crippen LogP contribution in [0.25, 0.3) is 5.69 Å². The molecule has 0 amide bonds. The summed E-state index contributed by atoms with van der Waals surface area (Å²) in [6.45, 7) is 0. The summed E-state index contributed by atoms with van der Waals surface area (Å²) in [5.74, 6) is 0.120. The fourth-order valence-electron chi connectivity index (χ4n) is 1.61. The van der Waals surface area contributed by atoms with Gasteiger partial charge >= 0.3 is 6.18 Å². The molecule has 20 heavy (non-hydrogen) atoms. The number of methoxy groups -OCH3 is 1. The van der Waals surface area contributed by atoms with Crippen molar-refractivity contribution in [2.45, 2.75) is 6.18 Å². The van der Waals surface area contributed by atoms with Gasteiger partial charge in [0.2, 0.25) is 0 Å². The van der Waals surface area contributed by atoms with Gasteiger partial charge in [-0.3, -0.25) is 0 Å². The van der Waals surface area contributed by atoms with Crippen molar-refractivity contribution in [1.29, 1.82) is 5.26 Å². The first-order chi connectivity index (χ1) is 9.38. The van der Waals surface area contributed by atoms with Crippen molar-refractivity contribution in [3.8, 4) is 17.5 Å². The molecule has 0 aliphatic carbocycles. The third-order valence-corrected chi connectivity index (χ3v) is 2.65. The molecule has 0 saturated heterocycles. The number of hydrogen-bond acceptors (Lipinski definition) is 4. The van der Waals surface area contributed by atoms with E-state index in [2.05, 4.69) is 10.3 Å². The van der Waals surface area contributed by atoms with Gasteiger partial charge in [0.05, 0.1) is 7.11 Å². The fourth-order valence-corrected chi connectivity index (χ4v) is 1.78. The third kappa shape index (κ3) is 2.40. The quantitative estimate of drug-likeness (QED) is 0.855. The van der Waals surface area contributed by atoms with Crippen LogP contribution in [-0.2, 0) is 6.18 Å². The minimum absolute atomic E-state index is 0.0543. The Kier molecular flexibility index (Phi) is 3.55. The lowest BCUT2D eigenvalue weighted by Gasteiger charge is -2.12. The molecule has 0 atom stereocenters. The average Bonchev–Trinajstić information content (AvgIpc) is 2.82. The molecule has 1 aromatic heterocycles. The molecular weight excluding hydrogens is 297 g/mol. The van der Waals surface area contributed by atoms with Crippen LogP contribution in [0.4, 0.5) is 13.2 Å². The molecule has 0 unspecified atom stereocenters. The van der Waals surface area contributed by atoms with Crippen molar-refractivity contribution < 1.29 is 17.9 Å². The van der Waals surface area contributed by atoms with E-state index in [0.29, 0.717) is 4.68 Å². The molecule has 1 heterocycles. The van der Waals surface area contributed by atoms with Gasteiger partial charge in [-0.25, -0.2) is 4.68 Å². The number of hydrogen-bond donors (Lipinski definition) is 0. The van der Waals surface area contributed by atoms with E-state index in [1.54, 1.807) is 0 Å². The Hall–Kier alpha value is -2.27. The highest BCUT2D eigenvalue weighted by atomic mass is 35.5. The number of alkyl halides is 3. The van der Waals surface area contributed by atoms with Gasteiger partial charge in [0, 0.05) is 5.02 Å². The van der Waals surface area contributed by atoms with Gasteiger partial charge in [0.15, 0.2) is 11.4 Å². The van der Waals surface area contributed by atoms with Crippen LogP contribution in [0.15, 0.2) is 18.2 Å². The molecule has 0 aliphatic heterocycles. The standard InChI is InChI=1S/C11H6ClF3N4O/c1-20-9-3-2-6(12)4-8(9)19-10(11(13,14)15)7(5-16)17-18-19/h2-4H,1H3. The number of halogens is 4. The van der Waals surface area contributed by atoms with Crippen LogP contribution in [-0.4, -0.2) is 22.1 Å². The molecule has 2 aromatic rings. The van der Waals surface area contributed by atoms with Crippen LogP contribution >= 0.6 is 11.6 Å². The van der Waals surface area contributed by atoms with Crippen LogP contribution in [0.2, 0.25) is 5.02 Å². The van der Waals surface area contributed by atoms with Crippen molar-refractivity contribution in [3.05, 3.63) is 34.6 Å². The summed E-state index contributed by atoms with van der Waals surface area (Å²) < 4.78 is 44.5. The number of benzene rings is 1. The highest BCUT2D eigenvalue weighted by molar-refractivity contribution is 6.30. The highest BCUT2D eigenvalue weighted by Gasteiger charge is 2.40. The van der Waals surface area contributed by atoms with Gasteiger partial charge in [0.1, 0.15) is 17.5 Å². The molecule has 0 spiro atoms. The van der Waals surface area contributed by atoms with Crippen molar-refractivity contribution in [1.82, 2.24) is 15.0 Å². The Morgan fingerprint density at radius 3 is 2.65 bits per heavy atom. The lowest BCUT2D eigenvalue weighted by Crippen LogP contribution is -2.15. The first-order valence-corrected chi connectivity index (χ1v) is 5.53. The minimum Gasteiger partial charge on any atom is -0.494 e. The second-order valence-electron chi connectivity index (χ2n) is 3.62. The molecule has 0 bridgehead atoms. The maximum absolute atomic E-state index is 13.0. The van der Waals surface area contributed by atoms with Gasteiger partial charge in [0.25, 0.3) is 0 Å². The van der Waals surface area contributed by atoms with E-state index in [0.717, 1.165) is 0 Å². The van der Waals surface area contributed by atoms with Crippen LogP contribution in [0, 0.1) is 11.3 Å². The summed E-state index contributed by atoms with van der Waals surface area (Å²) in [6.07, 6.45) is -4.79. The van der Waals surface area contributed by atoms with E-state index in [1.165, 1.54) is 31.4 Å². The summed E-state index contributed by atoms with van der Waals surface area (Å²) in [7, 11) is 1.29. The van der Waals surface area contributed by atoms with E-state index >= 15 is 0 Å². The smallest absolute Gasteiger partial charge is 0.436 e. The first kappa shape index (κ1) is 14.1. The number of ether oxygens (including phenoxy) is 1. The zero-order valence-corrected chi connectivity index (χ0v) is 10.7. The Morgan fingerprint density at radius 1 is 1.40 bits per heavy atom. The Morgan fingerprint density at radius 2 is 2.10 bits per heavy atom. The Labute approximate surface area is 116 Å². The second kappa shape index (κ2) is 5.02. The van der Waals surface area contributed by atoms with Gasteiger partial charge < -0.3 is 4.74 Å². The third-order valence-electron chi connectivity index (χ3n) is 2.41. The molecule has 0 saturated carbocycles. The van der Waals surface area contributed by atoms with E-state index in [9.17, 15) is 13.2 Å². The molecule has 0 fully saturated rings. The number of nitriles is 1. The van der Waals surface area contributed by atoms with Gasteiger partial charge in [-0.05, 0) is 18.2 Å².